The van der Waals surface area contributed by atoms with Crippen LogP contribution in [0.15, 0.2) is 18.2 Å². The Kier molecular flexibility index (Phi) is 4.69. The van der Waals surface area contributed by atoms with Crippen LogP contribution in [0.1, 0.15) is 32.3 Å². The number of carbonyl (C=O) groups excluding carboxylic acids is 2. The number of hydrogen-bond acceptors (Lipinski definition) is 3. The summed E-state index contributed by atoms with van der Waals surface area (Å²) < 4.78 is 5.14. The first-order chi connectivity index (χ1) is 8.02. The Morgan fingerprint density at radius 1 is 1.35 bits per heavy atom. The zero-order chi connectivity index (χ0) is 12.8. The highest BCUT2D eigenvalue weighted by molar-refractivity contribution is 5.89. The molecule has 0 bridgehead atoms. The topological polar surface area (TPSA) is 55.4 Å². The van der Waals surface area contributed by atoms with Crippen molar-refractivity contribution in [2.75, 3.05) is 5.32 Å². The molecule has 1 rings (SSSR count). The molecule has 0 radical (unpaired) electrons. The Balaban J connectivity index is 2.81. The third-order valence-corrected chi connectivity index (χ3v) is 2.21. The average Bonchev–Trinajstić information content (AvgIpc) is 2.22. The molecule has 0 fully saturated rings. The summed E-state index contributed by atoms with van der Waals surface area (Å²) in [6, 6.07) is 5.18. The van der Waals surface area contributed by atoms with Crippen molar-refractivity contribution < 1.29 is 14.3 Å². The van der Waals surface area contributed by atoms with Gasteiger partial charge in [-0.25, -0.2) is 0 Å². The Labute approximate surface area is 101 Å². The number of nitrogens with one attached hydrogen (secondary N) is 1. The minimum Gasteiger partial charge on any atom is -0.426 e. The molecule has 0 saturated carbocycles. The first-order valence-corrected chi connectivity index (χ1v) is 5.62. The predicted molar refractivity (Wildman–Crippen MR) is 66.0 cm³/mol. The fourth-order valence-electron chi connectivity index (χ4n) is 1.38. The summed E-state index contributed by atoms with van der Waals surface area (Å²) in [4.78, 5) is 22.3. The molecular formula is C13H17NO3. The maximum absolute atomic E-state index is 11.3. The van der Waals surface area contributed by atoms with Gasteiger partial charge in [0.2, 0.25) is 5.91 Å². The van der Waals surface area contributed by atoms with Crippen LogP contribution in [-0.2, 0) is 9.59 Å². The molecule has 4 nitrogen and oxygen atoms in total. The van der Waals surface area contributed by atoms with E-state index < -0.39 is 0 Å². The molecule has 0 aliphatic heterocycles. The number of ether oxygens (including phenoxy) is 1. The van der Waals surface area contributed by atoms with Crippen LogP contribution in [0.2, 0.25) is 0 Å². The molecule has 1 N–H and O–H groups in total. The van der Waals surface area contributed by atoms with Crippen molar-refractivity contribution in [2.45, 2.75) is 33.6 Å². The highest BCUT2D eigenvalue weighted by Crippen LogP contribution is 2.22. The summed E-state index contributed by atoms with van der Waals surface area (Å²) in [5.74, 6) is 0.0491. The van der Waals surface area contributed by atoms with Crippen molar-refractivity contribution in [3.63, 3.8) is 0 Å². The number of aryl methyl sites for hydroxylation is 1. The summed E-state index contributed by atoms with van der Waals surface area (Å²) in [6.45, 7) is 5.23. The molecule has 17 heavy (non-hydrogen) atoms. The van der Waals surface area contributed by atoms with E-state index in [0.717, 1.165) is 12.0 Å². The van der Waals surface area contributed by atoms with Crippen molar-refractivity contribution in [3.05, 3.63) is 23.8 Å². The average molecular weight is 235 g/mol. The van der Waals surface area contributed by atoms with Crippen molar-refractivity contribution in [2.24, 2.45) is 0 Å². The number of carbonyl (C=O) groups is 2. The number of amides is 1. The number of anilines is 1. The minimum absolute atomic E-state index is 0.148. The van der Waals surface area contributed by atoms with Gasteiger partial charge in [0.25, 0.3) is 0 Å². The molecule has 0 saturated heterocycles. The Hall–Kier alpha value is -1.84. The first-order valence-electron chi connectivity index (χ1n) is 5.62. The van der Waals surface area contributed by atoms with Gasteiger partial charge in [-0.15, -0.1) is 0 Å². The van der Waals surface area contributed by atoms with E-state index in [2.05, 4.69) is 5.32 Å². The number of hydrogen-bond donors (Lipinski definition) is 1. The van der Waals surface area contributed by atoms with Crippen LogP contribution in [0.25, 0.3) is 0 Å². The van der Waals surface area contributed by atoms with Gasteiger partial charge in [0.1, 0.15) is 5.75 Å². The molecule has 1 aromatic rings. The second-order valence-electron chi connectivity index (χ2n) is 3.88. The molecule has 0 atom stereocenters. The highest BCUT2D eigenvalue weighted by atomic mass is 16.5. The van der Waals surface area contributed by atoms with Gasteiger partial charge >= 0.3 is 5.97 Å². The van der Waals surface area contributed by atoms with Crippen LogP contribution < -0.4 is 10.1 Å². The maximum Gasteiger partial charge on any atom is 0.311 e. The van der Waals surface area contributed by atoms with E-state index in [1.165, 1.54) is 6.92 Å². The maximum atomic E-state index is 11.3. The largest absolute Gasteiger partial charge is 0.426 e. The zero-order valence-corrected chi connectivity index (χ0v) is 10.4. The van der Waals surface area contributed by atoms with E-state index in [-0.39, 0.29) is 11.9 Å². The lowest BCUT2D eigenvalue weighted by atomic mass is 10.2. The second-order valence-corrected chi connectivity index (χ2v) is 3.88. The summed E-state index contributed by atoms with van der Waals surface area (Å²) >= 11 is 0. The Morgan fingerprint density at radius 3 is 2.65 bits per heavy atom. The molecule has 0 aliphatic rings. The van der Waals surface area contributed by atoms with Crippen molar-refractivity contribution in [3.8, 4) is 5.75 Å². The molecular weight excluding hydrogens is 218 g/mol. The molecule has 0 aliphatic carbocycles. The van der Waals surface area contributed by atoms with Gasteiger partial charge in [-0.1, -0.05) is 13.0 Å². The van der Waals surface area contributed by atoms with Crippen LogP contribution in [0.4, 0.5) is 5.69 Å². The Bertz CT molecular complexity index is 427. The lowest BCUT2D eigenvalue weighted by Crippen LogP contribution is -2.09. The molecule has 0 aromatic heterocycles. The first kappa shape index (κ1) is 13.2. The van der Waals surface area contributed by atoms with Crippen molar-refractivity contribution in [1.82, 2.24) is 0 Å². The van der Waals surface area contributed by atoms with E-state index >= 15 is 0 Å². The standard InChI is InChI=1S/C13H17NO3/c1-4-5-13(16)17-11-7-6-9(2)12(8-11)14-10(3)15/h6-8H,4-5H2,1-3H3,(H,14,15). The number of esters is 1. The van der Waals surface area contributed by atoms with Gasteiger partial charge < -0.3 is 10.1 Å². The number of rotatable bonds is 4. The molecule has 0 heterocycles. The predicted octanol–water partition coefficient (Wildman–Crippen LogP) is 2.66. The monoisotopic (exact) mass is 235 g/mol. The second kappa shape index (κ2) is 6.03. The summed E-state index contributed by atoms with van der Waals surface area (Å²) in [7, 11) is 0. The van der Waals surface area contributed by atoms with E-state index in [1.54, 1.807) is 18.2 Å². The Morgan fingerprint density at radius 2 is 2.06 bits per heavy atom. The van der Waals surface area contributed by atoms with Crippen LogP contribution in [0.3, 0.4) is 0 Å². The summed E-state index contributed by atoms with van der Waals surface area (Å²) in [5.41, 5.74) is 1.59. The van der Waals surface area contributed by atoms with E-state index in [0.29, 0.717) is 17.9 Å². The fourth-order valence-corrected chi connectivity index (χ4v) is 1.38. The third-order valence-electron chi connectivity index (χ3n) is 2.21. The normalized spacial score (nSPS) is 9.82. The van der Waals surface area contributed by atoms with E-state index in [4.69, 9.17) is 4.74 Å². The zero-order valence-electron chi connectivity index (χ0n) is 10.4. The van der Waals surface area contributed by atoms with Crippen molar-refractivity contribution >= 4 is 17.6 Å². The fraction of sp³-hybridized carbons (Fsp3) is 0.385. The molecule has 92 valence electrons. The lowest BCUT2D eigenvalue weighted by Gasteiger charge is -2.09. The minimum atomic E-state index is -0.259. The third kappa shape index (κ3) is 4.26. The van der Waals surface area contributed by atoms with Crippen molar-refractivity contribution in [1.29, 1.82) is 0 Å². The molecule has 1 aromatic carbocycles. The number of benzene rings is 1. The highest BCUT2D eigenvalue weighted by Gasteiger charge is 2.06. The van der Waals surface area contributed by atoms with Gasteiger partial charge in [-0.3, -0.25) is 9.59 Å². The van der Waals surface area contributed by atoms with Crippen LogP contribution >= 0.6 is 0 Å². The molecule has 4 heteroatoms. The van der Waals surface area contributed by atoms with Crippen LogP contribution in [0.5, 0.6) is 5.75 Å². The van der Waals surface area contributed by atoms with Gasteiger partial charge in [0, 0.05) is 25.1 Å². The van der Waals surface area contributed by atoms with Crippen LogP contribution in [-0.4, -0.2) is 11.9 Å². The van der Waals surface area contributed by atoms with Gasteiger partial charge in [-0.05, 0) is 25.0 Å². The van der Waals surface area contributed by atoms with Crippen LogP contribution in [0, 0.1) is 6.92 Å². The van der Waals surface area contributed by atoms with E-state index in [1.807, 2.05) is 13.8 Å². The lowest BCUT2D eigenvalue weighted by molar-refractivity contribution is -0.134. The smallest absolute Gasteiger partial charge is 0.311 e. The van der Waals surface area contributed by atoms with Gasteiger partial charge in [0.05, 0.1) is 0 Å². The summed E-state index contributed by atoms with van der Waals surface area (Å²) in [6.07, 6.45) is 1.15. The molecule has 0 spiro atoms. The van der Waals surface area contributed by atoms with Gasteiger partial charge in [0.15, 0.2) is 0 Å². The SMILES string of the molecule is CCCC(=O)Oc1ccc(C)c(NC(C)=O)c1. The summed E-state index contributed by atoms with van der Waals surface area (Å²) in [5, 5.41) is 2.69. The van der Waals surface area contributed by atoms with E-state index in [9.17, 15) is 9.59 Å². The quantitative estimate of drug-likeness (QED) is 0.644. The molecule has 0 unspecified atom stereocenters. The van der Waals surface area contributed by atoms with Gasteiger partial charge in [-0.2, -0.15) is 0 Å². The molecule has 1 amide bonds.